The Bertz CT molecular complexity index is 370. The summed E-state index contributed by atoms with van der Waals surface area (Å²) in [7, 11) is 0. The van der Waals surface area contributed by atoms with Gasteiger partial charge in [-0.2, -0.15) is 5.26 Å². The molecule has 80 valence electrons. The molecule has 0 bridgehead atoms. The lowest BCUT2D eigenvalue weighted by molar-refractivity contribution is 0.289. The van der Waals surface area contributed by atoms with Crippen molar-refractivity contribution in [3.63, 3.8) is 0 Å². The number of hydrogen-bond acceptors (Lipinski definition) is 3. The second kappa shape index (κ2) is 5.79. The first-order chi connectivity index (χ1) is 7.17. The van der Waals surface area contributed by atoms with Crippen LogP contribution in [0.25, 0.3) is 0 Å². The SMILES string of the molecule is Cc1cc(SC(C)CCO)ccc1C#N. The van der Waals surface area contributed by atoms with Gasteiger partial charge < -0.3 is 5.11 Å². The number of nitriles is 1. The molecule has 0 saturated carbocycles. The minimum absolute atomic E-state index is 0.226. The quantitative estimate of drug-likeness (QED) is 0.795. The largest absolute Gasteiger partial charge is 0.396 e. The molecule has 0 heterocycles. The number of thioether (sulfide) groups is 1. The summed E-state index contributed by atoms with van der Waals surface area (Å²) in [6, 6.07) is 7.99. The molecule has 0 spiro atoms. The van der Waals surface area contributed by atoms with Gasteiger partial charge in [0, 0.05) is 16.8 Å². The van der Waals surface area contributed by atoms with Gasteiger partial charge in [-0.1, -0.05) is 6.92 Å². The van der Waals surface area contributed by atoms with E-state index in [1.807, 2.05) is 25.1 Å². The minimum atomic E-state index is 0.226. The zero-order valence-corrected chi connectivity index (χ0v) is 9.84. The first-order valence-corrected chi connectivity index (χ1v) is 5.83. The number of benzene rings is 1. The van der Waals surface area contributed by atoms with Gasteiger partial charge in [-0.3, -0.25) is 0 Å². The van der Waals surface area contributed by atoms with Crippen LogP contribution in [-0.2, 0) is 0 Å². The molecule has 1 rings (SSSR count). The van der Waals surface area contributed by atoms with Gasteiger partial charge >= 0.3 is 0 Å². The maximum Gasteiger partial charge on any atom is 0.0994 e. The van der Waals surface area contributed by atoms with Gasteiger partial charge in [0.05, 0.1) is 11.6 Å². The fraction of sp³-hybridized carbons (Fsp3) is 0.417. The molecular formula is C12H15NOS. The molecule has 0 amide bonds. The van der Waals surface area contributed by atoms with Crippen molar-refractivity contribution in [2.75, 3.05) is 6.61 Å². The van der Waals surface area contributed by atoms with Crippen LogP contribution in [0.4, 0.5) is 0 Å². The molecular weight excluding hydrogens is 206 g/mol. The number of aliphatic hydroxyl groups is 1. The molecule has 1 atom stereocenters. The summed E-state index contributed by atoms with van der Waals surface area (Å²) in [5, 5.41) is 18.0. The Balaban J connectivity index is 2.72. The molecule has 0 aliphatic heterocycles. The number of hydrogen-bond donors (Lipinski definition) is 1. The third-order valence-corrected chi connectivity index (χ3v) is 3.36. The van der Waals surface area contributed by atoms with E-state index in [4.69, 9.17) is 10.4 Å². The summed E-state index contributed by atoms with van der Waals surface area (Å²) in [5.74, 6) is 0. The summed E-state index contributed by atoms with van der Waals surface area (Å²) in [5.41, 5.74) is 1.74. The highest BCUT2D eigenvalue weighted by molar-refractivity contribution is 7.99. The van der Waals surface area contributed by atoms with Crippen molar-refractivity contribution in [3.05, 3.63) is 29.3 Å². The molecule has 0 radical (unpaired) electrons. The Morgan fingerprint density at radius 3 is 2.80 bits per heavy atom. The van der Waals surface area contributed by atoms with Crippen molar-refractivity contribution in [3.8, 4) is 6.07 Å². The summed E-state index contributed by atoms with van der Waals surface area (Å²) < 4.78 is 0. The van der Waals surface area contributed by atoms with E-state index < -0.39 is 0 Å². The van der Waals surface area contributed by atoms with Crippen LogP contribution in [0.3, 0.4) is 0 Å². The first-order valence-electron chi connectivity index (χ1n) is 4.95. The Hall–Kier alpha value is -0.980. The van der Waals surface area contributed by atoms with Crippen LogP contribution in [0.1, 0.15) is 24.5 Å². The van der Waals surface area contributed by atoms with Crippen LogP contribution in [0, 0.1) is 18.3 Å². The number of aryl methyl sites for hydroxylation is 1. The van der Waals surface area contributed by atoms with Gasteiger partial charge in [-0.25, -0.2) is 0 Å². The van der Waals surface area contributed by atoms with Crippen LogP contribution in [0.15, 0.2) is 23.1 Å². The normalized spacial score (nSPS) is 12.1. The Labute approximate surface area is 94.9 Å². The van der Waals surface area contributed by atoms with E-state index >= 15 is 0 Å². The number of rotatable bonds is 4. The molecule has 0 aromatic heterocycles. The molecule has 0 aliphatic carbocycles. The second-order valence-corrected chi connectivity index (χ2v) is 5.04. The zero-order valence-electron chi connectivity index (χ0n) is 9.03. The molecule has 0 aliphatic rings. The number of aliphatic hydroxyl groups excluding tert-OH is 1. The van der Waals surface area contributed by atoms with Crippen LogP contribution in [-0.4, -0.2) is 17.0 Å². The van der Waals surface area contributed by atoms with Crippen molar-refractivity contribution in [2.45, 2.75) is 30.4 Å². The summed E-state index contributed by atoms with van der Waals surface area (Å²) in [6.45, 7) is 4.26. The fourth-order valence-electron chi connectivity index (χ4n) is 1.31. The van der Waals surface area contributed by atoms with Crippen molar-refractivity contribution in [1.82, 2.24) is 0 Å². The molecule has 1 N–H and O–H groups in total. The summed E-state index contributed by atoms with van der Waals surface area (Å²) in [4.78, 5) is 1.16. The summed E-state index contributed by atoms with van der Waals surface area (Å²) in [6.07, 6.45) is 0.795. The topological polar surface area (TPSA) is 44.0 Å². The van der Waals surface area contributed by atoms with Crippen molar-refractivity contribution in [2.24, 2.45) is 0 Å². The van der Waals surface area contributed by atoms with E-state index in [0.29, 0.717) is 5.25 Å². The Kier molecular flexibility index (Phi) is 4.67. The van der Waals surface area contributed by atoms with E-state index in [-0.39, 0.29) is 6.61 Å². The van der Waals surface area contributed by atoms with Gasteiger partial charge in [-0.05, 0) is 37.1 Å². The van der Waals surface area contributed by atoms with E-state index in [9.17, 15) is 0 Å². The maximum absolute atomic E-state index is 8.80. The highest BCUT2D eigenvalue weighted by atomic mass is 32.2. The van der Waals surface area contributed by atoms with Crippen LogP contribution in [0.2, 0.25) is 0 Å². The van der Waals surface area contributed by atoms with Gasteiger partial charge in [0.1, 0.15) is 0 Å². The second-order valence-electron chi connectivity index (χ2n) is 3.53. The highest BCUT2D eigenvalue weighted by Crippen LogP contribution is 2.26. The molecule has 0 saturated heterocycles. The monoisotopic (exact) mass is 221 g/mol. The molecule has 1 aromatic carbocycles. The maximum atomic E-state index is 8.80. The fourth-order valence-corrected chi connectivity index (χ4v) is 2.39. The van der Waals surface area contributed by atoms with Gasteiger partial charge in [0.15, 0.2) is 0 Å². The third kappa shape index (κ3) is 3.58. The first kappa shape index (κ1) is 12.1. The molecule has 2 nitrogen and oxygen atoms in total. The van der Waals surface area contributed by atoms with E-state index in [1.165, 1.54) is 0 Å². The van der Waals surface area contributed by atoms with Crippen molar-refractivity contribution in [1.29, 1.82) is 5.26 Å². The standard InChI is InChI=1S/C12H15NOS/c1-9-7-12(4-3-11(9)8-13)15-10(2)5-6-14/h3-4,7,10,14H,5-6H2,1-2H3. The molecule has 3 heteroatoms. The van der Waals surface area contributed by atoms with Crippen molar-refractivity contribution >= 4 is 11.8 Å². The third-order valence-electron chi connectivity index (χ3n) is 2.19. The highest BCUT2D eigenvalue weighted by Gasteiger charge is 2.05. The lowest BCUT2D eigenvalue weighted by atomic mass is 10.1. The predicted molar refractivity (Wildman–Crippen MR) is 62.9 cm³/mol. The average Bonchev–Trinajstić information content (AvgIpc) is 2.18. The van der Waals surface area contributed by atoms with Crippen LogP contribution in [0.5, 0.6) is 0 Å². The van der Waals surface area contributed by atoms with Gasteiger partial charge in [-0.15, -0.1) is 11.8 Å². The average molecular weight is 221 g/mol. The molecule has 0 fully saturated rings. The van der Waals surface area contributed by atoms with Crippen LogP contribution < -0.4 is 0 Å². The van der Waals surface area contributed by atoms with Gasteiger partial charge in [0.25, 0.3) is 0 Å². The van der Waals surface area contributed by atoms with Gasteiger partial charge in [0.2, 0.25) is 0 Å². The number of nitrogens with zero attached hydrogens (tertiary/aromatic N) is 1. The lowest BCUT2D eigenvalue weighted by Crippen LogP contribution is -1.99. The Morgan fingerprint density at radius 1 is 1.53 bits per heavy atom. The zero-order chi connectivity index (χ0) is 11.3. The van der Waals surface area contributed by atoms with Crippen molar-refractivity contribution < 1.29 is 5.11 Å². The van der Waals surface area contributed by atoms with E-state index in [0.717, 1.165) is 22.4 Å². The Morgan fingerprint density at radius 2 is 2.27 bits per heavy atom. The smallest absolute Gasteiger partial charge is 0.0994 e. The predicted octanol–water partition coefficient (Wildman–Crippen LogP) is 2.73. The van der Waals surface area contributed by atoms with E-state index in [2.05, 4.69) is 13.0 Å². The lowest BCUT2D eigenvalue weighted by Gasteiger charge is -2.10. The van der Waals surface area contributed by atoms with E-state index in [1.54, 1.807) is 11.8 Å². The minimum Gasteiger partial charge on any atom is -0.396 e. The molecule has 15 heavy (non-hydrogen) atoms. The molecule has 1 aromatic rings. The molecule has 1 unspecified atom stereocenters. The van der Waals surface area contributed by atoms with Crippen LogP contribution >= 0.6 is 11.8 Å². The summed E-state index contributed by atoms with van der Waals surface area (Å²) >= 11 is 1.73.